The standard InChI is InChI=1S/C25H29N5/c1-18-10-8-9-13-23(18)25-21(17-30(28-25)22-11-6-5-7-12-22)16-26-15-14-24-19(2)27-29(4)20(24)3/h5-13,17,26H,14-16H2,1-4H3. The Hall–Kier alpha value is -3.18. The van der Waals surface area contributed by atoms with Crippen molar-refractivity contribution >= 4 is 0 Å². The maximum Gasteiger partial charge on any atom is 0.0975 e. The van der Waals surface area contributed by atoms with Gasteiger partial charge in [0.2, 0.25) is 0 Å². The van der Waals surface area contributed by atoms with Gasteiger partial charge in [-0.15, -0.1) is 0 Å². The van der Waals surface area contributed by atoms with Gasteiger partial charge in [0.25, 0.3) is 0 Å². The van der Waals surface area contributed by atoms with Crippen LogP contribution in [0.2, 0.25) is 0 Å². The van der Waals surface area contributed by atoms with Crippen LogP contribution in [-0.2, 0) is 20.0 Å². The lowest BCUT2D eigenvalue weighted by molar-refractivity contribution is 0.682. The molecule has 0 radical (unpaired) electrons. The molecule has 0 saturated carbocycles. The van der Waals surface area contributed by atoms with E-state index >= 15 is 0 Å². The molecule has 0 bridgehead atoms. The lowest BCUT2D eigenvalue weighted by Crippen LogP contribution is -2.17. The molecule has 0 aliphatic rings. The summed E-state index contributed by atoms with van der Waals surface area (Å²) in [6.45, 7) is 8.03. The molecule has 2 aromatic heterocycles. The molecule has 0 saturated heterocycles. The van der Waals surface area contributed by atoms with E-state index < -0.39 is 0 Å². The third-order valence-electron chi connectivity index (χ3n) is 5.74. The van der Waals surface area contributed by atoms with Crippen LogP contribution in [0.5, 0.6) is 0 Å². The second-order valence-electron chi connectivity index (χ2n) is 7.80. The van der Waals surface area contributed by atoms with Crippen LogP contribution >= 0.6 is 0 Å². The van der Waals surface area contributed by atoms with Crippen LogP contribution in [-0.4, -0.2) is 26.1 Å². The Labute approximate surface area is 178 Å². The van der Waals surface area contributed by atoms with Gasteiger partial charge in [0.1, 0.15) is 0 Å². The monoisotopic (exact) mass is 399 g/mol. The number of nitrogens with zero attached hydrogens (tertiary/aromatic N) is 4. The molecule has 0 aliphatic carbocycles. The van der Waals surface area contributed by atoms with Crippen LogP contribution < -0.4 is 5.32 Å². The van der Waals surface area contributed by atoms with Gasteiger partial charge in [-0.25, -0.2) is 4.68 Å². The van der Waals surface area contributed by atoms with Crippen molar-refractivity contribution in [2.75, 3.05) is 6.54 Å². The molecule has 0 fully saturated rings. The van der Waals surface area contributed by atoms with Crippen molar-refractivity contribution in [3.8, 4) is 16.9 Å². The lowest BCUT2D eigenvalue weighted by atomic mass is 10.0. The number of hydrogen-bond acceptors (Lipinski definition) is 3. The molecule has 4 rings (SSSR count). The average molecular weight is 400 g/mol. The van der Waals surface area contributed by atoms with Gasteiger partial charge in [-0.1, -0.05) is 42.5 Å². The van der Waals surface area contributed by atoms with Gasteiger partial charge in [-0.3, -0.25) is 4.68 Å². The number of para-hydroxylation sites is 1. The molecule has 2 aromatic carbocycles. The molecule has 30 heavy (non-hydrogen) atoms. The third kappa shape index (κ3) is 4.07. The summed E-state index contributed by atoms with van der Waals surface area (Å²) in [7, 11) is 2.01. The Morgan fingerprint density at radius 2 is 1.63 bits per heavy atom. The number of rotatable bonds is 7. The molecule has 154 valence electrons. The topological polar surface area (TPSA) is 47.7 Å². The first kappa shape index (κ1) is 20.1. The molecular formula is C25H29N5. The van der Waals surface area contributed by atoms with E-state index in [0.717, 1.165) is 36.6 Å². The number of hydrogen-bond donors (Lipinski definition) is 1. The van der Waals surface area contributed by atoms with Crippen molar-refractivity contribution in [2.24, 2.45) is 7.05 Å². The van der Waals surface area contributed by atoms with Gasteiger partial charge < -0.3 is 5.32 Å². The van der Waals surface area contributed by atoms with Gasteiger partial charge >= 0.3 is 0 Å². The highest BCUT2D eigenvalue weighted by Crippen LogP contribution is 2.26. The highest BCUT2D eigenvalue weighted by Gasteiger charge is 2.14. The van der Waals surface area contributed by atoms with Crippen molar-refractivity contribution in [1.82, 2.24) is 24.9 Å². The number of aromatic nitrogens is 4. The summed E-state index contributed by atoms with van der Waals surface area (Å²) < 4.78 is 3.94. The lowest BCUT2D eigenvalue weighted by Gasteiger charge is -2.08. The quantitative estimate of drug-likeness (QED) is 0.465. The third-order valence-corrected chi connectivity index (χ3v) is 5.74. The minimum absolute atomic E-state index is 0.773. The number of benzene rings is 2. The smallest absolute Gasteiger partial charge is 0.0975 e. The summed E-state index contributed by atoms with van der Waals surface area (Å²) in [4.78, 5) is 0. The first-order valence-electron chi connectivity index (χ1n) is 10.4. The highest BCUT2D eigenvalue weighted by atomic mass is 15.3. The molecule has 5 nitrogen and oxygen atoms in total. The van der Waals surface area contributed by atoms with E-state index in [1.54, 1.807) is 0 Å². The van der Waals surface area contributed by atoms with Crippen LogP contribution in [0.3, 0.4) is 0 Å². The Morgan fingerprint density at radius 1 is 0.900 bits per heavy atom. The minimum atomic E-state index is 0.773. The molecule has 1 N–H and O–H groups in total. The van der Waals surface area contributed by atoms with Crippen molar-refractivity contribution < 1.29 is 0 Å². The van der Waals surface area contributed by atoms with Crippen LogP contribution in [0, 0.1) is 20.8 Å². The Bertz CT molecular complexity index is 1140. The Kier molecular flexibility index (Phi) is 5.81. The van der Waals surface area contributed by atoms with Gasteiger partial charge in [-0.05, 0) is 57.0 Å². The fourth-order valence-corrected chi connectivity index (χ4v) is 3.93. The first-order chi connectivity index (χ1) is 14.5. The van der Waals surface area contributed by atoms with E-state index in [1.807, 2.05) is 34.6 Å². The largest absolute Gasteiger partial charge is 0.312 e. The molecule has 0 unspecified atom stereocenters. The van der Waals surface area contributed by atoms with Gasteiger partial charge in [0, 0.05) is 36.6 Å². The van der Waals surface area contributed by atoms with Gasteiger partial charge in [-0.2, -0.15) is 10.2 Å². The Morgan fingerprint density at radius 3 is 2.33 bits per heavy atom. The summed E-state index contributed by atoms with van der Waals surface area (Å²) >= 11 is 0. The molecular weight excluding hydrogens is 370 g/mol. The summed E-state index contributed by atoms with van der Waals surface area (Å²) in [6.07, 6.45) is 3.11. The molecule has 2 heterocycles. The SMILES string of the molecule is Cc1ccccc1-c1nn(-c2ccccc2)cc1CNCCc1c(C)nn(C)c1C. The van der Waals surface area contributed by atoms with Crippen molar-refractivity contribution in [3.63, 3.8) is 0 Å². The van der Waals surface area contributed by atoms with E-state index in [2.05, 4.69) is 73.8 Å². The van der Waals surface area contributed by atoms with Gasteiger partial charge in [0.05, 0.1) is 17.1 Å². The summed E-state index contributed by atoms with van der Waals surface area (Å²) in [5.41, 5.74) is 9.43. The second-order valence-corrected chi connectivity index (χ2v) is 7.80. The first-order valence-corrected chi connectivity index (χ1v) is 10.4. The van der Waals surface area contributed by atoms with Crippen LogP contribution in [0.4, 0.5) is 0 Å². The highest BCUT2D eigenvalue weighted by molar-refractivity contribution is 5.66. The predicted molar refractivity (Wildman–Crippen MR) is 122 cm³/mol. The zero-order valence-electron chi connectivity index (χ0n) is 18.2. The summed E-state index contributed by atoms with van der Waals surface area (Å²) in [5, 5.41) is 13.1. The second kappa shape index (κ2) is 8.67. The number of aryl methyl sites for hydroxylation is 3. The average Bonchev–Trinajstić information content (AvgIpc) is 3.28. The van der Waals surface area contributed by atoms with Crippen molar-refractivity contribution in [3.05, 3.63) is 88.9 Å². The van der Waals surface area contributed by atoms with Crippen LogP contribution in [0.15, 0.2) is 60.8 Å². The maximum atomic E-state index is 4.94. The number of nitrogens with one attached hydrogen (secondary N) is 1. The van der Waals surface area contributed by atoms with E-state index in [1.165, 1.54) is 27.9 Å². The van der Waals surface area contributed by atoms with Crippen molar-refractivity contribution in [2.45, 2.75) is 33.7 Å². The van der Waals surface area contributed by atoms with Crippen LogP contribution in [0.25, 0.3) is 16.9 Å². The van der Waals surface area contributed by atoms with E-state index in [0.29, 0.717) is 0 Å². The van der Waals surface area contributed by atoms with Crippen LogP contribution in [0.1, 0.15) is 28.1 Å². The summed E-state index contributed by atoms with van der Waals surface area (Å²) in [5.74, 6) is 0. The molecule has 0 spiro atoms. The zero-order chi connectivity index (χ0) is 21.1. The maximum absolute atomic E-state index is 4.94. The molecule has 0 atom stereocenters. The molecule has 4 aromatic rings. The zero-order valence-corrected chi connectivity index (χ0v) is 18.2. The predicted octanol–water partition coefficient (Wildman–Crippen LogP) is 4.53. The molecule has 0 aliphatic heterocycles. The van der Waals surface area contributed by atoms with E-state index in [-0.39, 0.29) is 0 Å². The van der Waals surface area contributed by atoms with E-state index in [4.69, 9.17) is 5.10 Å². The fraction of sp³-hybridized carbons (Fsp3) is 0.280. The van der Waals surface area contributed by atoms with Gasteiger partial charge in [0.15, 0.2) is 0 Å². The molecule has 5 heteroatoms. The van der Waals surface area contributed by atoms with E-state index in [9.17, 15) is 0 Å². The Balaban J connectivity index is 1.55. The minimum Gasteiger partial charge on any atom is -0.312 e. The normalized spacial score (nSPS) is 11.2. The fourth-order valence-electron chi connectivity index (χ4n) is 3.93. The summed E-state index contributed by atoms with van der Waals surface area (Å²) in [6, 6.07) is 18.7. The molecule has 0 amide bonds. The van der Waals surface area contributed by atoms with Crippen molar-refractivity contribution in [1.29, 1.82) is 0 Å².